The fourth-order valence-electron chi connectivity index (χ4n) is 4.39. The van der Waals surface area contributed by atoms with Crippen molar-refractivity contribution in [2.45, 2.75) is 33.1 Å². The van der Waals surface area contributed by atoms with E-state index in [9.17, 15) is 18.8 Å². The number of methoxy groups -OCH3 is 1. The van der Waals surface area contributed by atoms with Crippen molar-refractivity contribution in [2.24, 2.45) is 11.8 Å². The molecule has 1 heterocycles. The molecule has 0 amide bonds. The predicted molar refractivity (Wildman–Crippen MR) is 120 cm³/mol. The number of esters is 2. The van der Waals surface area contributed by atoms with Crippen molar-refractivity contribution >= 4 is 29.5 Å². The molecule has 0 spiro atoms. The third-order valence-corrected chi connectivity index (χ3v) is 6.67. The van der Waals surface area contributed by atoms with E-state index in [0.29, 0.717) is 34.7 Å². The Morgan fingerprint density at radius 2 is 2.06 bits per heavy atom. The lowest BCUT2D eigenvalue weighted by Gasteiger charge is -2.38. The summed E-state index contributed by atoms with van der Waals surface area (Å²) in [6, 6.07) is 5.83. The van der Waals surface area contributed by atoms with Gasteiger partial charge in [0.1, 0.15) is 18.3 Å². The van der Waals surface area contributed by atoms with Gasteiger partial charge in [0, 0.05) is 28.6 Å². The molecule has 0 radical (unpaired) electrons. The Labute approximate surface area is 191 Å². The number of rotatable bonds is 7. The Morgan fingerprint density at radius 1 is 1.31 bits per heavy atom. The van der Waals surface area contributed by atoms with Crippen LogP contribution >= 0.6 is 11.8 Å². The Balaban J connectivity index is 2.07. The number of dihydropyridines is 1. The number of benzene rings is 1. The highest BCUT2D eigenvalue weighted by Gasteiger charge is 2.47. The molecular weight excluding hydrogens is 433 g/mol. The maximum absolute atomic E-state index is 14.2. The number of carbonyl (C=O) groups excluding carboxylic acids is 3. The number of carbonyl (C=O) groups is 3. The van der Waals surface area contributed by atoms with Crippen molar-refractivity contribution in [3.8, 4) is 0 Å². The normalized spacial score (nSPS) is 22.9. The van der Waals surface area contributed by atoms with Crippen molar-refractivity contribution in [3.05, 3.63) is 58.2 Å². The molecule has 0 bridgehead atoms. The SMILES string of the molecule is CCSCCOC(=O)C1=C(C)NC2=C(C(=O)[C@@H](C(=O)OC)[C@H](C)C2)[C@@H]1c1cccc(F)c1. The average molecular weight is 462 g/mol. The minimum atomic E-state index is -0.978. The standard InChI is InChI=1S/C24H28FNO5S/c1-5-32-10-9-31-24(29)19-14(3)26-17-11-13(2)18(23(28)30-4)22(27)21(17)20(19)15-7-6-8-16(25)12-15/h6-8,12-13,18,20,26H,5,9-11H2,1-4H3/t13-,18+,20-/m1/s1. The largest absolute Gasteiger partial charge is 0.468 e. The van der Waals surface area contributed by atoms with Gasteiger partial charge in [0.05, 0.1) is 12.7 Å². The second-order valence-electron chi connectivity index (χ2n) is 7.92. The Bertz CT molecular complexity index is 986. The van der Waals surface area contributed by atoms with Gasteiger partial charge < -0.3 is 14.8 Å². The number of allylic oxidation sites excluding steroid dienone is 3. The molecule has 3 atom stereocenters. The summed E-state index contributed by atoms with van der Waals surface area (Å²) in [6.45, 7) is 5.81. The van der Waals surface area contributed by atoms with E-state index >= 15 is 0 Å². The summed E-state index contributed by atoms with van der Waals surface area (Å²) in [5.41, 5.74) is 2.21. The number of nitrogens with one attached hydrogen (secondary N) is 1. The molecule has 0 saturated heterocycles. The van der Waals surface area contributed by atoms with E-state index in [1.807, 2.05) is 13.8 Å². The van der Waals surface area contributed by atoms with Crippen LogP contribution in [0.1, 0.15) is 38.7 Å². The van der Waals surface area contributed by atoms with Crippen LogP contribution in [0.5, 0.6) is 0 Å². The van der Waals surface area contributed by atoms with Gasteiger partial charge in [-0.1, -0.05) is 26.0 Å². The van der Waals surface area contributed by atoms with Gasteiger partial charge in [0.2, 0.25) is 0 Å². The number of halogens is 1. The number of hydrogen-bond acceptors (Lipinski definition) is 7. The van der Waals surface area contributed by atoms with Gasteiger partial charge >= 0.3 is 11.9 Å². The number of ether oxygens (including phenoxy) is 2. The lowest BCUT2D eigenvalue weighted by atomic mass is 9.69. The van der Waals surface area contributed by atoms with Crippen LogP contribution in [0.2, 0.25) is 0 Å². The number of Topliss-reactive ketones (excluding diaryl/α,β-unsaturated/α-hetero) is 1. The molecule has 6 nitrogen and oxygen atoms in total. The van der Waals surface area contributed by atoms with E-state index in [1.54, 1.807) is 24.8 Å². The summed E-state index contributed by atoms with van der Waals surface area (Å²) in [6.07, 6.45) is 0.430. The van der Waals surface area contributed by atoms with Crippen molar-refractivity contribution in [2.75, 3.05) is 25.2 Å². The maximum atomic E-state index is 14.2. The molecule has 1 N–H and O–H groups in total. The fraction of sp³-hybridized carbons (Fsp3) is 0.458. The topological polar surface area (TPSA) is 81.7 Å². The quantitative estimate of drug-likeness (QED) is 0.376. The third kappa shape index (κ3) is 4.75. The van der Waals surface area contributed by atoms with Crippen molar-refractivity contribution < 1.29 is 28.2 Å². The fourth-order valence-corrected chi connectivity index (χ4v) is 4.88. The lowest BCUT2D eigenvalue weighted by molar-refractivity contribution is -0.151. The van der Waals surface area contributed by atoms with Crippen molar-refractivity contribution in [3.63, 3.8) is 0 Å². The van der Waals surface area contributed by atoms with Gasteiger partial charge in [0.25, 0.3) is 0 Å². The molecule has 8 heteroatoms. The smallest absolute Gasteiger partial charge is 0.336 e. The maximum Gasteiger partial charge on any atom is 0.336 e. The number of hydrogen-bond donors (Lipinski definition) is 1. The molecule has 1 aliphatic carbocycles. The number of ketones is 1. The Hall–Kier alpha value is -2.61. The second kappa shape index (κ2) is 10.3. The molecule has 0 aromatic heterocycles. The van der Waals surface area contributed by atoms with Crippen LogP contribution in [-0.4, -0.2) is 42.9 Å². The predicted octanol–water partition coefficient (Wildman–Crippen LogP) is 3.74. The second-order valence-corrected chi connectivity index (χ2v) is 9.32. The average Bonchev–Trinajstić information content (AvgIpc) is 2.75. The summed E-state index contributed by atoms with van der Waals surface area (Å²) in [5.74, 6) is -2.59. The zero-order valence-electron chi connectivity index (χ0n) is 18.7. The highest BCUT2D eigenvalue weighted by atomic mass is 32.2. The van der Waals surface area contributed by atoms with E-state index in [0.717, 1.165) is 5.75 Å². The summed E-state index contributed by atoms with van der Waals surface area (Å²) in [5, 5.41) is 3.19. The Morgan fingerprint density at radius 3 is 2.72 bits per heavy atom. The summed E-state index contributed by atoms with van der Waals surface area (Å²) in [4.78, 5) is 39.0. The highest BCUT2D eigenvalue weighted by Crippen LogP contribution is 2.45. The van der Waals surface area contributed by atoms with Crippen LogP contribution in [0.3, 0.4) is 0 Å². The zero-order valence-corrected chi connectivity index (χ0v) is 19.5. The van der Waals surface area contributed by atoms with Gasteiger partial charge in [0.15, 0.2) is 5.78 Å². The van der Waals surface area contributed by atoms with E-state index in [4.69, 9.17) is 9.47 Å². The van der Waals surface area contributed by atoms with Crippen molar-refractivity contribution in [1.29, 1.82) is 0 Å². The molecular formula is C24H28FNO5S. The summed E-state index contributed by atoms with van der Waals surface area (Å²) >= 11 is 1.65. The molecule has 172 valence electrons. The van der Waals surface area contributed by atoms with Gasteiger partial charge in [-0.05, 0) is 42.7 Å². The van der Waals surface area contributed by atoms with Gasteiger partial charge in [-0.25, -0.2) is 9.18 Å². The van der Waals surface area contributed by atoms with Gasteiger partial charge in [-0.3, -0.25) is 9.59 Å². The zero-order chi connectivity index (χ0) is 23.4. The first-order valence-electron chi connectivity index (χ1n) is 10.6. The lowest BCUT2D eigenvalue weighted by Crippen LogP contribution is -2.43. The minimum Gasteiger partial charge on any atom is -0.468 e. The summed E-state index contributed by atoms with van der Waals surface area (Å²) < 4.78 is 24.5. The molecule has 1 aromatic rings. The first-order chi connectivity index (χ1) is 15.3. The number of thioether (sulfide) groups is 1. The molecule has 0 unspecified atom stereocenters. The van der Waals surface area contributed by atoms with Crippen LogP contribution in [0.4, 0.5) is 4.39 Å². The molecule has 2 aliphatic rings. The molecule has 0 saturated carbocycles. The van der Waals surface area contributed by atoms with Crippen LogP contribution in [0.15, 0.2) is 46.8 Å². The molecule has 1 aromatic carbocycles. The minimum absolute atomic E-state index is 0.228. The molecule has 32 heavy (non-hydrogen) atoms. The van der Waals surface area contributed by atoms with Crippen LogP contribution in [0, 0.1) is 17.7 Å². The van der Waals surface area contributed by atoms with Crippen LogP contribution in [0.25, 0.3) is 0 Å². The summed E-state index contributed by atoms with van der Waals surface area (Å²) in [7, 11) is 1.25. The molecule has 0 fully saturated rings. The van der Waals surface area contributed by atoms with Crippen molar-refractivity contribution in [1.82, 2.24) is 5.32 Å². The van der Waals surface area contributed by atoms with Crippen LogP contribution in [-0.2, 0) is 23.9 Å². The first-order valence-corrected chi connectivity index (χ1v) is 11.8. The van der Waals surface area contributed by atoms with Gasteiger partial charge in [-0.2, -0.15) is 11.8 Å². The van der Waals surface area contributed by atoms with E-state index in [2.05, 4.69) is 5.32 Å². The Kier molecular flexibility index (Phi) is 7.77. The van der Waals surface area contributed by atoms with E-state index in [-0.39, 0.29) is 18.1 Å². The highest BCUT2D eigenvalue weighted by molar-refractivity contribution is 7.99. The van der Waals surface area contributed by atoms with Gasteiger partial charge in [-0.15, -0.1) is 0 Å². The molecule has 3 rings (SSSR count). The monoisotopic (exact) mass is 461 g/mol. The first kappa shape index (κ1) is 24.0. The van der Waals surface area contributed by atoms with E-state index in [1.165, 1.54) is 25.3 Å². The van der Waals surface area contributed by atoms with Crippen LogP contribution < -0.4 is 5.32 Å². The molecule has 1 aliphatic heterocycles. The third-order valence-electron chi connectivity index (χ3n) is 5.81. The van der Waals surface area contributed by atoms with E-state index < -0.39 is 35.4 Å².